The molecular formula is C14H17ClN2O2S2. The first-order valence-corrected chi connectivity index (χ1v) is 9.08. The minimum absolute atomic E-state index is 0.124. The molecule has 1 unspecified atom stereocenters. The number of halogens is 1. The van der Waals surface area contributed by atoms with Crippen molar-refractivity contribution >= 4 is 38.6 Å². The second-order valence-electron chi connectivity index (χ2n) is 4.92. The number of aryl methyl sites for hydroxylation is 1. The van der Waals surface area contributed by atoms with E-state index in [-0.39, 0.29) is 16.6 Å². The fourth-order valence-corrected chi connectivity index (χ4v) is 4.38. The summed E-state index contributed by atoms with van der Waals surface area (Å²) in [5, 5.41) is 0.344. The van der Waals surface area contributed by atoms with Crippen LogP contribution in [0, 0.1) is 6.92 Å². The van der Waals surface area contributed by atoms with E-state index < -0.39 is 10.0 Å². The van der Waals surface area contributed by atoms with E-state index >= 15 is 0 Å². The van der Waals surface area contributed by atoms with Gasteiger partial charge in [-0.2, -0.15) is 0 Å². The number of nitrogen functional groups attached to an aromatic ring is 1. The van der Waals surface area contributed by atoms with Crippen molar-refractivity contribution in [2.24, 2.45) is 0 Å². The standard InChI is InChI=1S/C14H17ClN2O2S2/c1-9(7-11-4-3-10(2)20-11)17-21(18,19)12-5-6-13(15)14(16)8-12/h3-6,8-9,17H,7,16H2,1-2H3. The van der Waals surface area contributed by atoms with Crippen LogP contribution in [0.25, 0.3) is 0 Å². The molecule has 21 heavy (non-hydrogen) atoms. The summed E-state index contributed by atoms with van der Waals surface area (Å²) in [4.78, 5) is 2.49. The van der Waals surface area contributed by atoms with Gasteiger partial charge in [-0.15, -0.1) is 11.3 Å². The molecular weight excluding hydrogens is 328 g/mol. The van der Waals surface area contributed by atoms with Crippen molar-refractivity contribution in [3.8, 4) is 0 Å². The highest BCUT2D eigenvalue weighted by Crippen LogP contribution is 2.23. The van der Waals surface area contributed by atoms with Crippen LogP contribution in [0.5, 0.6) is 0 Å². The van der Waals surface area contributed by atoms with Gasteiger partial charge >= 0.3 is 0 Å². The molecule has 0 aliphatic rings. The lowest BCUT2D eigenvalue weighted by molar-refractivity contribution is 0.561. The Morgan fingerprint density at radius 2 is 2.05 bits per heavy atom. The number of hydrogen-bond acceptors (Lipinski definition) is 4. The van der Waals surface area contributed by atoms with Gasteiger partial charge in [-0.25, -0.2) is 13.1 Å². The average molecular weight is 345 g/mol. The van der Waals surface area contributed by atoms with Crippen LogP contribution in [0.2, 0.25) is 5.02 Å². The molecule has 0 aliphatic carbocycles. The van der Waals surface area contributed by atoms with Gasteiger partial charge in [-0.05, 0) is 50.6 Å². The third-order valence-electron chi connectivity index (χ3n) is 2.94. The quantitative estimate of drug-likeness (QED) is 0.818. The first-order valence-electron chi connectivity index (χ1n) is 6.40. The second-order valence-corrected chi connectivity index (χ2v) is 8.42. The van der Waals surface area contributed by atoms with Gasteiger partial charge in [0.25, 0.3) is 0 Å². The fraction of sp³-hybridized carbons (Fsp3) is 0.286. The third kappa shape index (κ3) is 4.20. The molecule has 0 saturated heterocycles. The first kappa shape index (κ1) is 16.3. The van der Waals surface area contributed by atoms with Crippen LogP contribution < -0.4 is 10.5 Å². The molecule has 0 saturated carbocycles. The smallest absolute Gasteiger partial charge is 0.240 e. The van der Waals surface area contributed by atoms with Crippen molar-refractivity contribution in [3.63, 3.8) is 0 Å². The Balaban J connectivity index is 2.11. The maximum atomic E-state index is 12.3. The zero-order chi connectivity index (χ0) is 15.6. The summed E-state index contributed by atoms with van der Waals surface area (Å²) in [6.07, 6.45) is 0.654. The number of sulfonamides is 1. The molecule has 0 bridgehead atoms. The van der Waals surface area contributed by atoms with E-state index in [9.17, 15) is 8.42 Å². The fourth-order valence-electron chi connectivity index (χ4n) is 1.96. The zero-order valence-electron chi connectivity index (χ0n) is 11.8. The van der Waals surface area contributed by atoms with Crippen molar-refractivity contribution < 1.29 is 8.42 Å². The van der Waals surface area contributed by atoms with E-state index in [0.717, 1.165) is 4.88 Å². The van der Waals surface area contributed by atoms with Gasteiger partial charge in [0.05, 0.1) is 15.6 Å². The Hall–Kier alpha value is -1.08. The van der Waals surface area contributed by atoms with Crippen molar-refractivity contribution in [1.29, 1.82) is 0 Å². The Labute approximate surface area is 134 Å². The summed E-state index contributed by atoms with van der Waals surface area (Å²) in [7, 11) is -3.60. The lowest BCUT2D eigenvalue weighted by atomic mass is 10.2. The van der Waals surface area contributed by atoms with E-state index in [2.05, 4.69) is 4.72 Å². The van der Waals surface area contributed by atoms with E-state index in [1.54, 1.807) is 11.3 Å². The summed E-state index contributed by atoms with van der Waals surface area (Å²) in [5.41, 5.74) is 5.90. The molecule has 1 aromatic carbocycles. The highest BCUT2D eigenvalue weighted by molar-refractivity contribution is 7.89. The number of thiophene rings is 1. The molecule has 0 aliphatic heterocycles. The number of anilines is 1. The molecule has 0 fully saturated rings. The molecule has 0 radical (unpaired) electrons. The van der Waals surface area contributed by atoms with E-state index in [1.807, 2.05) is 26.0 Å². The Morgan fingerprint density at radius 1 is 1.33 bits per heavy atom. The Bertz CT molecular complexity index is 741. The molecule has 0 amide bonds. The predicted molar refractivity (Wildman–Crippen MR) is 88.4 cm³/mol. The summed E-state index contributed by atoms with van der Waals surface area (Å²) < 4.78 is 27.2. The normalized spacial score (nSPS) is 13.3. The first-order chi connectivity index (χ1) is 9.78. The molecule has 7 heteroatoms. The van der Waals surface area contributed by atoms with Crippen LogP contribution in [-0.2, 0) is 16.4 Å². The van der Waals surface area contributed by atoms with Crippen LogP contribution in [0.4, 0.5) is 5.69 Å². The lowest BCUT2D eigenvalue weighted by Gasteiger charge is -2.14. The number of hydrogen-bond donors (Lipinski definition) is 2. The number of benzene rings is 1. The molecule has 3 N–H and O–H groups in total. The van der Waals surface area contributed by atoms with E-state index in [1.165, 1.54) is 23.1 Å². The van der Waals surface area contributed by atoms with E-state index in [0.29, 0.717) is 11.4 Å². The number of rotatable bonds is 5. The van der Waals surface area contributed by atoms with Gasteiger partial charge in [0.1, 0.15) is 0 Å². The van der Waals surface area contributed by atoms with Gasteiger partial charge in [-0.3, -0.25) is 0 Å². The van der Waals surface area contributed by atoms with E-state index in [4.69, 9.17) is 17.3 Å². The van der Waals surface area contributed by atoms with Crippen molar-refractivity contribution in [1.82, 2.24) is 4.72 Å². The van der Waals surface area contributed by atoms with Gasteiger partial charge in [0, 0.05) is 15.8 Å². The maximum absolute atomic E-state index is 12.3. The molecule has 2 aromatic rings. The molecule has 2 rings (SSSR count). The average Bonchev–Trinajstić information content (AvgIpc) is 2.77. The van der Waals surface area contributed by atoms with Crippen LogP contribution >= 0.6 is 22.9 Å². The van der Waals surface area contributed by atoms with Gasteiger partial charge in [0.15, 0.2) is 0 Å². The molecule has 114 valence electrons. The van der Waals surface area contributed by atoms with Crippen LogP contribution in [0.1, 0.15) is 16.7 Å². The van der Waals surface area contributed by atoms with Crippen LogP contribution in [0.3, 0.4) is 0 Å². The topological polar surface area (TPSA) is 72.2 Å². The van der Waals surface area contributed by atoms with Crippen molar-refractivity contribution in [2.45, 2.75) is 31.2 Å². The molecule has 1 aromatic heterocycles. The Kier molecular flexibility index (Phi) is 4.93. The predicted octanol–water partition coefficient (Wildman–Crippen LogP) is 3.20. The maximum Gasteiger partial charge on any atom is 0.240 e. The third-order valence-corrected chi connectivity index (χ3v) is 5.89. The second kappa shape index (κ2) is 6.36. The summed E-state index contributed by atoms with van der Waals surface area (Å²) >= 11 is 7.48. The highest BCUT2D eigenvalue weighted by atomic mass is 35.5. The van der Waals surface area contributed by atoms with Gasteiger partial charge in [-0.1, -0.05) is 11.6 Å². The lowest BCUT2D eigenvalue weighted by Crippen LogP contribution is -2.33. The van der Waals surface area contributed by atoms with Gasteiger partial charge in [0.2, 0.25) is 10.0 Å². The molecule has 0 spiro atoms. The summed E-state index contributed by atoms with van der Waals surface area (Å²) in [5.74, 6) is 0. The summed E-state index contributed by atoms with van der Waals surface area (Å²) in [6, 6.07) is 8.14. The van der Waals surface area contributed by atoms with Gasteiger partial charge < -0.3 is 5.73 Å². The molecule has 1 heterocycles. The highest BCUT2D eigenvalue weighted by Gasteiger charge is 2.18. The summed E-state index contributed by atoms with van der Waals surface area (Å²) in [6.45, 7) is 3.87. The van der Waals surface area contributed by atoms with Crippen LogP contribution in [0.15, 0.2) is 35.2 Å². The number of nitrogens with two attached hydrogens (primary N) is 1. The largest absolute Gasteiger partial charge is 0.397 e. The monoisotopic (exact) mass is 344 g/mol. The number of nitrogens with one attached hydrogen (secondary N) is 1. The zero-order valence-corrected chi connectivity index (χ0v) is 14.1. The van der Waals surface area contributed by atoms with Crippen molar-refractivity contribution in [2.75, 3.05) is 5.73 Å². The van der Waals surface area contributed by atoms with Crippen LogP contribution in [-0.4, -0.2) is 14.5 Å². The minimum Gasteiger partial charge on any atom is -0.397 e. The van der Waals surface area contributed by atoms with Crippen molar-refractivity contribution in [3.05, 3.63) is 45.1 Å². The Morgan fingerprint density at radius 3 is 2.62 bits per heavy atom. The SMILES string of the molecule is Cc1ccc(CC(C)NS(=O)(=O)c2ccc(Cl)c(N)c2)s1. The minimum atomic E-state index is -3.60. The molecule has 4 nitrogen and oxygen atoms in total. The molecule has 1 atom stereocenters.